The number of hydrogen-bond donors (Lipinski definition) is 0. The molecule has 108 valence electrons. The Balaban J connectivity index is 2.67. The first-order valence-corrected chi connectivity index (χ1v) is 6.25. The normalized spacial score (nSPS) is 29.3. The van der Waals surface area contributed by atoms with Crippen molar-refractivity contribution >= 4 is 0 Å². The van der Waals surface area contributed by atoms with E-state index >= 15 is 0 Å². The van der Waals surface area contributed by atoms with Crippen molar-refractivity contribution < 1.29 is 22.3 Å². The monoisotopic (exact) mass is 278 g/mol. The Kier molecular flexibility index (Phi) is 5.63. The second-order valence-electron chi connectivity index (χ2n) is 4.52. The molecule has 0 bridgehead atoms. The van der Waals surface area contributed by atoms with Crippen LogP contribution in [0.1, 0.15) is 26.7 Å². The Morgan fingerprint density at radius 3 is 2.63 bits per heavy atom. The molecule has 0 saturated heterocycles. The molecule has 2 unspecified atom stereocenters. The Labute approximate surface area is 110 Å². The second kappa shape index (κ2) is 6.78. The lowest BCUT2D eigenvalue weighted by atomic mass is 9.93. The molecule has 0 saturated carbocycles. The molecule has 0 fully saturated rings. The number of ether oxygens (including phenoxy) is 1. The van der Waals surface area contributed by atoms with Gasteiger partial charge < -0.3 is 4.74 Å². The summed E-state index contributed by atoms with van der Waals surface area (Å²) in [5.41, 5.74) is 1.19. The van der Waals surface area contributed by atoms with Crippen molar-refractivity contribution in [2.24, 2.45) is 5.92 Å². The van der Waals surface area contributed by atoms with Crippen molar-refractivity contribution in [1.29, 1.82) is 0 Å². The van der Waals surface area contributed by atoms with E-state index in [1.54, 1.807) is 12.2 Å². The summed E-state index contributed by atoms with van der Waals surface area (Å²) in [4.78, 5) is 0. The van der Waals surface area contributed by atoms with E-state index in [4.69, 9.17) is 4.74 Å². The van der Waals surface area contributed by atoms with Gasteiger partial charge in [0.25, 0.3) is 0 Å². The molecule has 19 heavy (non-hydrogen) atoms. The number of hydrogen-bond acceptors (Lipinski definition) is 1. The lowest BCUT2D eigenvalue weighted by Crippen LogP contribution is -2.28. The molecule has 2 atom stereocenters. The van der Waals surface area contributed by atoms with Gasteiger partial charge >= 0.3 is 6.18 Å². The lowest BCUT2D eigenvalue weighted by molar-refractivity contribution is -0.190. The predicted octanol–water partition coefficient (Wildman–Crippen LogP) is 4.72. The quantitative estimate of drug-likeness (QED) is 0.676. The summed E-state index contributed by atoms with van der Waals surface area (Å²) in [6.45, 7) is 3.09. The zero-order valence-corrected chi connectivity index (χ0v) is 11.0. The van der Waals surface area contributed by atoms with Crippen molar-refractivity contribution in [3.63, 3.8) is 0 Å². The first-order chi connectivity index (χ1) is 8.84. The van der Waals surface area contributed by atoms with E-state index in [0.717, 1.165) is 12.8 Å². The number of allylic oxidation sites excluding steroid dienone is 5. The standard InChI is InChI=1S/C14H18F4O/c1-3-11-7-8-12(6-4-5-10(11)2)19-9-13(15)14(16,17)18/h4,6-8,10,13H,3,5,9H2,1-2H3/b6-4+,11-7-,12-8+. The molecule has 0 heterocycles. The summed E-state index contributed by atoms with van der Waals surface area (Å²) in [5, 5.41) is 0. The largest absolute Gasteiger partial charge is 0.490 e. The molecule has 1 aliphatic rings. The number of halogens is 4. The van der Waals surface area contributed by atoms with Gasteiger partial charge in [-0.05, 0) is 30.9 Å². The van der Waals surface area contributed by atoms with Crippen LogP contribution in [-0.2, 0) is 4.74 Å². The van der Waals surface area contributed by atoms with Gasteiger partial charge in [-0.25, -0.2) is 4.39 Å². The first-order valence-electron chi connectivity index (χ1n) is 6.25. The number of rotatable bonds is 4. The minimum absolute atomic E-state index is 0.254. The fourth-order valence-corrected chi connectivity index (χ4v) is 1.78. The van der Waals surface area contributed by atoms with Gasteiger partial charge in [0.2, 0.25) is 6.17 Å². The van der Waals surface area contributed by atoms with E-state index in [0.29, 0.717) is 5.92 Å². The molecule has 0 aromatic carbocycles. The lowest BCUT2D eigenvalue weighted by Gasteiger charge is -2.16. The molecule has 0 aromatic rings. The van der Waals surface area contributed by atoms with E-state index in [2.05, 4.69) is 6.92 Å². The molecule has 0 radical (unpaired) electrons. The molecular formula is C14H18F4O. The van der Waals surface area contributed by atoms with Gasteiger partial charge in [-0.2, -0.15) is 13.2 Å². The highest BCUT2D eigenvalue weighted by atomic mass is 19.4. The van der Waals surface area contributed by atoms with Gasteiger partial charge in [-0.3, -0.25) is 0 Å². The summed E-state index contributed by atoms with van der Waals surface area (Å²) < 4.78 is 53.6. The van der Waals surface area contributed by atoms with Gasteiger partial charge in [0.1, 0.15) is 12.4 Å². The molecule has 1 nitrogen and oxygen atoms in total. The van der Waals surface area contributed by atoms with E-state index in [1.807, 2.05) is 19.1 Å². The van der Waals surface area contributed by atoms with Crippen molar-refractivity contribution in [2.45, 2.75) is 39.0 Å². The average Bonchev–Trinajstić information content (AvgIpc) is 2.31. The van der Waals surface area contributed by atoms with Gasteiger partial charge in [0.05, 0.1) is 0 Å². The van der Waals surface area contributed by atoms with Crippen LogP contribution in [0.5, 0.6) is 0 Å². The van der Waals surface area contributed by atoms with Crippen LogP contribution in [0.15, 0.2) is 35.6 Å². The second-order valence-corrected chi connectivity index (χ2v) is 4.52. The summed E-state index contributed by atoms with van der Waals surface area (Å²) >= 11 is 0. The third kappa shape index (κ3) is 5.09. The van der Waals surface area contributed by atoms with Crippen LogP contribution in [-0.4, -0.2) is 19.0 Å². The molecule has 1 aliphatic carbocycles. The maximum atomic E-state index is 12.7. The van der Waals surface area contributed by atoms with Crippen molar-refractivity contribution in [3.8, 4) is 0 Å². The molecule has 0 aliphatic heterocycles. The smallest absolute Gasteiger partial charge is 0.423 e. The fourth-order valence-electron chi connectivity index (χ4n) is 1.78. The first kappa shape index (κ1) is 15.8. The molecular weight excluding hydrogens is 260 g/mol. The highest BCUT2D eigenvalue weighted by molar-refractivity contribution is 5.25. The molecule has 0 spiro atoms. The highest BCUT2D eigenvalue weighted by Gasteiger charge is 2.40. The van der Waals surface area contributed by atoms with E-state index in [1.165, 1.54) is 5.57 Å². The topological polar surface area (TPSA) is 9.23 Å². The van der Waals surface area contributed by atoms with Crippen LogP contribution in [0.3, 0.4) is 0 Å². The fraction of sp³-hybridized carbons (Fsp3) is 0.571. The Hall–Kier alpha value is -1.26. The minimum atomic E-state index is -4.87. The van der Waals surface area contributed by atoms with Crippen LogP contribution >= 0.6 is 0 Å². The van der Waals surface area contributed by atoms with Gasteiger partial charge in [0, 0.05) is 0 Å². The molecule has 1 rings (SSSR count). The summed E-state index contributed by atoms with van der Waals surface area (Å²) in [6, 6.07) is 0. The summed E-state index contributed by atoms with van der Waals surface area (Å²) in [5.74, 6) is 0.646. The van der Waals surface area contributed by atoms with Gasteiger partial charge in [-0.15, -0.1) is 0 Å². The molecule has 0 amide bonds. The molecule has 5 heteroatoms. The van der Waals surface area contributed by atoms with Gasteiger partial charge in [0.15, 0.2) is 0 Å². The van der Waals surface area contributed by atoms with Crippen LogP contribution in [0.2, 0.25) is 0 Å². The van der Waals surface area contributed by atoms with E-state index < -0.39 is 19.0 Å². The summed E-state index contributed by atoms with van der Waals surface area (Å²) in [7, 11) is 0. The minimum Gasteiger partial charge on any atom is -0.490 e. The number of alkyl halides is 4. The summed E-state index contributed by atoms with van der Waals surface area (Å²) in [6.07, 6.45) is 0.679. The van der Waals surface area contributed by atoms with Crippen LogP contribution in [0.25, 0.3) is 0 Å². The predicted molar refractivity (Wildman–Crippen MR) is 66.3 cm³/mol. The van der Waals surface area contributed by atoms with E-state index in [-0.39, 0.29) is 5.76 Å². The maximum absolute atomic E-state index is 12.7. The van der Waals surface area contributed by atoms with Gasteiger partial charge in [-0.1, -0.05) is 31.6 Å². The van der Waals surface area contributed by atoms with Crippen molar-refractivity contribution in [1.82, 2.24) is 0 Å². The van der Waals surface area contributed by atoms with E-state index in [9.17, 15) is 17.6 Å². The zero-order valence-electron chi connectivity index (χ0n) is 11.0. The zero-order chi connectivity index (χ0) is 14.5. The van der Waals surface area contributed by atoms with Crippen LogP contribution in [0.4, 0.5) is 17.6 Å². The van der Waals surface area contributed by atoms with Crippen molar-refractivity contribution in [2.75, 3.05) is 6.61 Å². The SMILES string of the molecule is CC/C1=C/C=C(OCC(F)C(F)(F)F)\C=C\CC1C. The molecule has 0 aromatic heterocycles. The maximum Gasteiger partial charge on any atom is 0.423 e. The Morgan fingerprint density at radius 1 is 1.37 bits per heavy atom. The molecule has 0 N–H and O–H groups in total. The van der Waals surface area contributed by atoms with Crippen LogP contribution < -0.4 is 0 Å². The average molecular weight is 278 g/mol. The highest BCUT2D eigenvalue weighted by Crippen LogP contribution is 2.25. The van der Waals surface area contributed by atoms with Crippen molar-refractivity contribution in [3.05, 3.63) is 35.6 Å². The third-order valence-electron chi connectivity index (χ3n) is 3.03. The Morgan fingerprint density at radius 2 is 2.05 bits per heavy atom. The Bertz CT molecular complexity index is 379. The van der Waals surface area contributed by atoms with Crippen LogP contribution in [0, 0.1) is 5.92 Å². The third-order valence-corrected chi connectivity index (χ3v) is 3.03.